The molecule has 2 aromatic rings. The van der Waals surface area contributed by atoms with Crippen molar-refractivity contribution in [3.63, 3.8) is 0 Å². The molecule has 2 atom stereocenters. The molecule has 0 saturated heterocycles. The van der Waals surface area contributed by atoms with Crippen LogP contribution in [0, 0.1) is 0 Å². The van der Waals surface area contributed by atoms with Crippen molar-refractivity contribution in [1.29, 1.82) is 0 Å². The fourth-order valence-corrected chi connectivity index (χ4v) is 4.98. The standard InChI is InChI=1S/C30H45NO3Si/c1-8-9-23-33-29(32)27(22-16-17-24(2)34-35(6,7)30(3,4)5)31-28(25-18-12-10-13-19-25)26-20-14-11-15-21-26/h10-21,24,27-28,31H,8-9,22-23H2,1-7H3/b17-16+/t24-,27-/m0/s1. The Balaban J connectivity index is 2.21. The van der Waals surface area contributed by atoms with E-state index in [-0.39, 0.29) is 23.2 Å². The highest BCUT2D eigenvalue weighted by Gasteiger charge is 2.38. The van der Waals surface area contributed by atoms with Gasteiger partial charge in [-0.3, -0.25) is 10.1 Å². The van der Waals surface area contributed by atoms with E-state index in [1.165, 1.54) is 0 Å². The third kappa shape index (κ3) is 9.40. The molecule has 192 valence electrons. The lowest BCUT2D eigenvalue weighted by atomic mass is 9.97. The SMILES string of the molecule is CCCCOC(=O)[C@H](C/C=C/[C@H](C)O[Si](C)(C)C(C)(C)C)NC(c1ccccc1)c1ccccc1. The van der Waals surface area contributed by atoms with Crippen molar-refractivity contribution in [2.75, 3.05) is 6.61 Å². The Morgan fingerprint density at radius 1 is 1.00 bits per heavy atom. The second kappa shape index (κ2) is 13.8. The number of ether oxygens (including phenoxy) is 1. The van der Waals surface area contributed by atoms with Crippen LogP contribution >= 0.6 is 0 Å². The van der Waals surface area contributed by atoms with Crippen LogP contribution in [0.1, 0.15) is 71.0 Å². The molecule has 0 saturated carbocycles. The van der Waals surface area contributed by atoms with E-state index in [9.17, 15) is 4.79 Å². The Hall–Kier alpha value is -2.21. The average molecular weight is 496 g/mol. The molecule has 0 aromatic heterocycles. The van der Waals surface area contributed by atoms with Crippen molar-refractivity contribution >= 4 is 14.3 Å². The first kappa shape index (κ1) is 29.0. The summed E-state index contributed by atoms with van der Waals surface area (Å²) in [6, 6.07) is 19.9. The molecule has 0 amide bonds. The van der Waals surface area contributed by atoms with E-state index in [0.29, 0.717) is 13.0 Å². The highest BCUT2D eigenvalue weighted by molar-refractivity contribution is 6.74. The van der Waals surface area contributed by atoms with E-state index >= 15 is 0 Å². The molecule has 35 heavy (non-hydrogen) atoms. The molecule has 1 N–H and O–H groups in total. The molecule has 0 unspecified atom stereocenters. The number of carbonyl (C=O) groups is 1. The highest BCUT2D eigenvalue weighted by Crippen LogP contribution is 2.37. The number of benzene rings is 2. The Morgan fingerprint density at radius 3 is 2.03 bits per heavy atom. The summed E-state index contributed by atoms with van der Waals surface area (Å²) in [6.07, 6.45) is 6.52. The van der Waals surface area contributed by atoms with Crippen LogP contribution in [-0.2, 0) is 14.0 Å². The van der Waals surface area contributed by atoms with Crippen molar-refractivity contribution < 1.29 is 14.0 Å². The zero-order valence-corrected chi connectivity index (χ0v) is 23.7. The van der Waals surface area contributed by atoms with E-state index < -0.39 is 14.4 Å². The van der Waals surface area contributed by atoms with E-state index in [1.54, 1.807) is 0 Å². The molecule has 0 aliphatic carbocycles. The van der Waals surface area contributed by atoms with Gasteiger partial charge < -0.3 is 9.16 Å². The van der Waals surface area contributed by atoms with Gasteiger partial charge in [0.2, 0.25) is 0 Å². The van der Waals surface area contributed by atoms with Gasteiger partial charge in [0.05, 0.1) is 18.8 Å². The van der Waals surface area contributed by atoms with Crippen molar-refractivity contribution in [2.24, 2.45) is 0 Å². The lowest BCUT2D eigenvalue weighted by molar-refractivity contribution is -0.146. The summed E-state index contributed by atoms with van der Waals surface area (Å²) in [5.74, 6) is -0.210. The quantitative estimate of drug-likeness (QED) is 0.136. The number of hydrogen-bond acceptors (Lipinski definition) is 4. The van der Waals surface area contributed by atoms with Crippen LogP contribution in [0.5, 0.6) is 0 Å². The van der Waals surface area contributed by atoms with Gasteiger partial charge in [-0.05, 0) is 49.0 Å². The fraction of sp³-hybridized carbons (Fsp3) is 0.500. The molecule has 0 spiro atoms. The van der Waals surface area contributed by atoms with E-state index in [2.05, 4.69) is 89.4 Å². The normalized spacial score (nSPS) is 14.3. The number of rotatable bonds is 13. The molecule has 4 nitrogen and oxygen atoms in total. The second-order valence-corrected chi connectivity index (χ2v) is 15.5. The van der Waals surface area contributed by atoms with Gasteiger partial charge in [0, 0.05) is 0 Å². The highest BCUT2D eigenvalue weighted by atomic mass is 28.4. The molecular formula is C30H45NO3Si. The minimum atomic E-state index is -1.86. The topological polar surface area (TPSA) is 47.6 Å². The zero-order valence-electron chi connectivity index (χ0n) is 22.7. The second-order valence-electron chi connectivity index (χ2n) is 10.7. The first-order chi connectivity index (χ1) is 16.5. The summed E-state index contributed by atoms with van der Waals surface area (Å²) < 4.78 is 12.1. The van der Waals surface area contributed by atoms with Crippen LogP contribution in [0.3, 0.4) is 0 Å². The third-order valence-electron chi connectivity index (χ3n) is 6.73. The summed E-state index contributed by atoms with van der Waals surface area (Å²) in [7, 11) is -1.86. The van der Waals surface area contributed by atoms with Crippen LogP contribution < -0.4 is 5.32 Å². The number of nitrogens with one attached hydrogen (secondary N) is 1. The molecule has 0 aliphatic heterocycles. The van der Waals surface area contributed by atoms with Crippen LogP contribution in [0.2, 0.25) is 18.1 Å². The first-order valence-corrected chi connectivity index (χ1v) is 15.8. The summed E-state index contributed by atoms with van der Waals surface area (Å²) in [6.45, 7) is 15.9. The molecule has 0 radical (unpaired) electrons. The predicted molar refractivity (Wildman–Crippen MR) is 149 cm³/mol. The molecule has 0 fully saturated rings. The van der Waals surface area contributed by atoms with Gasteiger partial charge in [0.15, 0.2) is 8.32 Å². The van der Waals surface area contributed by atoms with Crippen LogP contribution in [0.25, 0.3) is 0 Å². The van der Waals surface area contributed by atoms with Gasteiger partial charge in [0.1, 0.15) is 6.04 Å². The largest absolute Gasteiger partial charge is 0.465 e. The molecule has 5 heteroatoms. The van der Waals surface area contributed by atoms with Gasteiger partial charge in [-0.15, -0.1) is 0 Å². The molecule has 0 bridgehead atoms. The van der Waals surface area contributed by atoms with Crippen molar-refractivity contribution in [3.05, 3.63) is 83.9 Å². The van der Waals surface area contributed by atoms with E-state index in [1.807, 2.05) is 36.4 Å². The van der Waals surface area contributed by atoms with Gasteiger partial charge in [0.25, 0.3) is 0 Å². The van der Waals surface area contributed by atoms with E-state index in [0.717, 1.165) is 24.0 Å². The summed E-state index contributed by atoms with van der Waals surface area (Å²) in [5, 5.41) is 3.76. The first-order valence-electron chi connectivity index (χ1n) is 12.9. The molecule has 2 rings (SSSR count). The Labute approximate surface area is 214 Å². The number of esters is 1. The summed E-state index contributed by atoms with van der Waals surface area (Å²) >= 11 is 0. The molecule has 2 aromatic carbocycles. The maximum Gasteiger partial charge on any atom is 0.323 e. The smallest absolute Gasteiger partial charge is 0.323 e. The van der Waals surface area contributed by atoms with Crippen molar-refractivity contribution in [3.8, 4) is 0 Å². The number of hydrogen-bond donors (Lipinski definition) is 1. The average Bonchev–Trinajstić information content (AvgIpc) is 2.81. The Morgan fingerprint density at radius 2 is 1.54 bits per heavy atom. The number of unbranched alkanes of at least 4 members (excludes halogenated alkanes) is 1. The third-order valence-corrected chi connectivity index (χ3v) is 11.3. The molecular weight excluding hydrogens is 450 g/mol. The van der Waals surface area contributed by atoms with Gasteiger partial charge >= 0.3 is 5.97 Å². The zero-order chi connectivity index (χ0) is 25.9. The van der Waals surface area contributed by atoms with Crippen molar-refractivity contribution in [2.45, 2.75) is 90.2 Å². The monoisotopic (exact) mass is 495 g/mol. The van der Waals surface area contributed by atoms with Crippen LogP contribution in [-0.4, -0.2) is 33.0 Å². The van der Waals surface area contributed by atoms with Crippen molar-refractivity contribution in [1.82, 2.24) is 5.32 Å². The maximum absolute atomic E-state index is 13.1. The summed E-state index contributed by atoms with van der Waals surface area (Å²) in [4.78, 5) is 13.1. The lowest BCUT2D eigenvalue weighted by Gasteiger charge is -2.37. The predicted octanol–water partition coefficient (Wildman–Crippen LogP) is 7.43. The van der Waals surface area contributed by atoms with Crippen LogP contribution in [0.15, 0.2) is 72.8 Å². The molecule has 0 heterocycles. The lowest BCUT2D eigenvalue weighted by Crippen LogP contribution is -2.43. The van der Waals surface area contributed by atoms with Gasteiger partial charge in [-0.2, -0.15) is 0 Å². The van der Waals surface area contributed by atoms with Gasteiger partial charge in [-0.25, -0.2) is 0 Å². The maximum atomic E-state index is 13.1. The van der Waals surface area contributed by atoms with Crippen LogP contribution in [0.4, 0.5) is 0 Å². The number of carbonyl (C=O) groups excluding carboxylic acids is 1. The molecule has 0 aliphatic rings. The minimum Gasteiger partial charge on any atom is -0.465 e. The van der Waals surface area contributed by atoms with E-state index in [4.69, 9.17) is 9.16 Å². The van der Waals surface area contributed by atoms with Gasteiger partial charge in [-0.1, -0.05) is 107 Å². The Kier molecular flexibility index (Phi) is 11.4. The Bertz CT molecular complexity index is 867. The minimum absolute atomic E-state index is 0.00769. The fourth-order valence-electron chi connectivity index (χ4n) is 3.61. The summed E-state index contributed by atoms with van der Waals surface area (Å²) in [5.41, 5.74) is 2.23.